The molecule has 5 nitrogen and oxygen atoms in total. The van der Waals surface area contributed by atoms with Crippen LogP contribution in [0.25, 0.3) is 44.3 Å². The fourth-order valence-electron chi connectivity index (χ4n) is 4.87. The first-order valence-corrected chi connectivity index (χ1v) is 12.2. The highest BCUT2D eigenvalue weighted by atomic mass is 16.5. The van der Waals surface area contributed by atoms with Gasteiger partial charge in [0.05, 0.1) is 27.4 Å². The Morgan fingerprint density at radius 3 is 1.95 bits per heavy atom. The molecule has 0 unspecified atom stereocenters. The highest BCUT2D eigenvalue weighted by Crippen LogP contribution is 2.42. The fourth-order valence-corrected chi connectivity index (χ4v) is 4.87. The maximum Gasteiger partial charge on any atom is 0.212 e. The molecule has 1 heterocycles. The van der Waals surface area contributed by atoms with Gasteiger partial charge in [-0.25, -0.2) is 4.57 Å². The van der Waals surface area contributed by atoms with Crippen molar-refractivity contribution in [3.63, 3.8) is 0 Å². The number of benzene rings is 4. The van der Waals surface area contributed by atoms with Crippen LogP contribution in [0.1, 0.15) is 11.1 Å². The number of hydrogen-bond donors (Lipinski definition) is 2. The monoisotopic (exact) mass is 492 g/mol. The van der Waals surface area contributed by atoms with Gasteiger partial charge < -0.3 is 19.7 Å². The Morgan fingerprint density at radius 1 is 0.649 bits per heavy atom. The van der Waals surface area contributed by atoms with E-state index in [1.807, 2.05) is 48.0 Å². The van der Waals surface area contributed by atoms with Crippen molar-refractivity contribution in [2.24, 2.45) is 7.05 Å². The van der Waals surface area contributed by atoms with Crippen LogP contribution in [-0.4, -0.2) is 24.4 Å². The molecule has 186 valence electrons. The molecule has 0 saturated heterocycles. The maximum atomic E-state index is 9.80. The van der Waals surface area contributed by atoms with Gasteiger partial charge in [0.2, 0.25) is 5.52 Å². The number of fused-ring (bicyclic) bond motifs is 1. The minimum atomic E-state index is -0.126. The van der Waals surface area contributed by atoms with E-state index in [0.29, 0.717) is 11.5 Å². The van der Waals surface area contributed by atoms with E-state index >= 15 is 0 Å². The molecule has 0 aliphatic heterocycles. The van der Waals surface area contributed by atoms with E-state index in [0.717, 1.165) is 49.8 Å². The summed E-state index contributed by atoms with van der Waals surface area (Å²) in [6.45, 7) is -0.241. The SMILES string of the molecule is COc1cc(-c2cc3cc(CO)c(CO)cc3[n+](C)c2)cc(-c2ccc(-c3ccccc3)cc2)c1OC. The van der Waals surface area contributed by atoms with Crippen LogP contribution in [0.5, 0.6) is 11.5 Å². The van der Waals surface area contributed by atoms with Gasteiger partial charge in [-0.05, 0) is 57.6 Å². The lowest BCUT2D eigenvalue weighted by Crippen LogP contribution is -2.29. The minimum absolute atomic E-state index is 0.115. The molecular weight excluding hydrogens is 462 g/mol. The Kier molecular flexibility index (Phi) is 6.91. The topological polar surface area (TPSA) is 62.8 Å². The van der Waals surface area contributed by atoms with Crippen LogP contribution in [0.2, 0.25) is 0 Å². The first kappa shape index (κ1) is 24.5. The number of methoxy groups -OCH3 is 2. The van der Waals surface area contributed by atoms with Crippen LogP contribution < -0.4 is 14.0 Å². The van der Waals surface area contributed by atoms with Crippen LogP contribution in [0, 0.1) is 0 Å². The lowest BCUT2D eigenvalue weighted by Gasteiger charge is -2.16. The Hall–Kier alpha value is -4.19. The van der Waals surface area contributed by atoms with Gasteiger partial charge in [-0.3, -0.25) is 0 Å². The van der Waals surface area contributed by atoms with Crippen LogP contribution in [0.3, 0.4) is 0 Å². The number of rotatable bonds is 7. The van der Waals surface area contributed by atoms with Crippen molar-refractivity contribution in [2.75, 3.05) is 14.2 Å². The van der Waals surface area contributed by atoms with E-state index in [-0.39, 0.29) is 13.2 Å². The molecule has 0 aliphatic carbocycles. The van der Waals surface area contributed by atoms with E-state index in [1.54, 1.807) is 14.2 Å². The van der Waals surface area contributed by atoms with E-state index in [1.165, 1.54) is 5.56 Å². The number of aryl methyl sites for hydroxylation is 1. The first-order valence-electron chi connectivity index (χ1n) is 12.2. The highest BCUT2D eigenvalue weighted by Gasteiger charge is 2.18. The summed E-state index contributed by atoms with van der Waals surface area (Å²) in [6, 6.07) is 28.8. The number of hydrogen-bond acceptors (Lipinski definition) is 4. The fraction of sp³-hybridized carbons (Fsp3) is 0.156. The average Bonchev–Trinajstić information content (AvgIpc) is 2.96. The van der Waals surface area contributed by atoms with Crippen molar-refractivity contribution in [3.05, 3.63) is 102 Å². The molecule has 1 aromatic heterocycles. The van der Waals surface area contributed by atoms with Crippen molar-refractivity contribution in [1.82, 2.24) is 0 Å². The largest absolute Gasteiger partial charge is 0.493 e. The molecule has 0 radical (unpaired) electrons. The van der Waals surface area contributed by atoms with E-state index in [9.17, 15) is 10.2 Å². The summed E-state index contributed by atoms with van der Waals surface area (Å²) in [5.41, 5.74) is 8.68. The molecule has 0 atom stereocenters. The van der Waals surface area contributed by atoms with Crippen molar-refractivity contribution in [1.29, 1.82) is 0 Å². The minimum Gasteiger partial charge on any atom is -0.493 e. The number of pyridine rings is 1. The summed E-state index contributed by atoms with van der Waals surface area (Å²) < 4.78 is 13.6. The molecule has 37 heavy (non-hydrogen) atoms. The Morgan fingerprint density at radius 2 is 1.30 bits per heavy atom. The summed E-state index contributed by atoms with van der Waals surface area (Å²) >= 11 is 0. The normalized spacial score (nSPS) is 11.1. The zero-order chi connectivity index (χ0) is 25.9. The third-order valence-electron chi connectivity index (χ3n) is 6.83. The molecule has 5 rings (SSSR count). The number of ether oxygens (including phenoxy) is 2. The molecule has 5 aromatic rings. The van der Waals surface area contributed by atoms with Crippen LogP contribution in [0.4, 0.5) is 0 Å². The number of nitrogens with zero attached hydrogens (tertiary/aromatic N) is 1. The van der Waals surface area contributed by atoms with Gasteiger partial charge in [0, 0.05) is 22.6 Å². The first-order chi connectivity index (χ1) is 18.1. The number of aliphatic hydroxyl groups excluding tert-OH is 2. The second kappa shape index (κ2) is 10.4. The summed E-state index contributed by atoms with van der Waals surface area (Å²) in [4.78, 5) is 0. The van der Waals surface area contributed by atoms with Crippen molar-refractivity contribution in [2.45, 2.75) is 13.2 Å². The van der Waals surface area contributed by atoms with Gasteiger partial charge in [0.15, 0.2) is 17.7 Å². The molecule has 4 aromatic carbocycles. The summed E-state index contributed by atoms with van der Waals surface area (Å²) in [6.07, 6.45) is 2.06. The molecule has 2 N–H and O–H groups in total. The van der Waals surface area contributed by atoms with Gasteiger partial charge in [0.25, 0.3) is 0 Å². The smallest absolute Gasteiger partial charge is 0.212 e. The Labute approximate surface area is 216 Å². The third kappa shape index (κ3) is 4.67. The number of aliphatic hydroxyl groups is 2. The molecule has 0 aliphatic rings. The molecule has 0 amide bonds. The quantitative estimate of drug-likeness (QED) is 0.288. The lowest BCUT2D eigenvalue weighted by atomic mass is 9.95. The number of aromatic nitrogens is 1. The van der Waals surface area contributed by atoms with Crippen LogP contribution >= 0.6 is 0 Å². The second-order valence-electron chi connectivity index (χ2n) is 9.04. The summed E-state index contributed by atoms with van der Waals surface area (Å²) in [5, 5.41) is 20.5. The van der Waals surface area contributed by atoms with Gasteiger partial charge in [-0.15, -0.1) is 0 Å². The summed E-state index contributed by atoms with van der Waals surface area (Å²) in [5.74, 6) is 1.33. The van der Waals surface area contributed by atoms with Gasteiger partial charge >= 0.3 is 0 Å². The molecule has 0 fully saturated rings. The third-order valence-corrected chi connectivity index (χ3v) is 6.83. The Bertz CT molecular complexity index is 1560. The van der Waals surface area contributed by atoms with E-state index in [4.69, 9.17) is 9.47 Å². The van der Waals surface area contributed by atoms with E-state index < -0.39 is 0 Å². The summed E-state index contributed by atoms with van der Waals surface area (Å²) in [7, 11) is 5.29. The van der Waals surface area contributed by atoms with Crippen LogP contribution in [0.15, 0.2) is 91.1 Å². The predicted octanol–water partition coefficient (Wildman–Crippen LogP) is 5.67. The zero-order valence-electron chi connectivity index (χ0n) is 21.2. The standard InChI is InChI=1S/C32H30NO4/c1-33-18-26(13-25-14-27(19-34)28(20-35)16-30(25)33)24-15-29(32(37-3)31(17-24)36-2)23-11-9-22(10-12-23)21-7-5-4-6-8-21/h4-18,34-35H,19-20H2,1-3H3/q+1. The van der Waals surface area contributed by atoms with Gasteiger partial charge in [-0.2, -0.15) is 0 Å². The van der Waals surface area contributed by atoms with Gasteiger partial charge in [-0.1, -0.05) is 54.6 Å². The Balaban J connectivity index is 1.64. The molecule has 0 bridgehead atoms. The molecule has 5 heteroatoms. The van der Waals surface area contributed by atoms with Gasteiger partial charge in [0.1, 0.15) is 7.05 Å². The molecule has 0 saturated carbocycles. The lowest BCUT2D eigenvalue weighted by molar-refractivity contribution is -0.644. The molecular formula is C32H30NO4+. The van der Waals surface area contributed by atoms with Crippen LogP contribution in [-0.2, 0) is 20.3 Å². The van der Waals surface area contributed by atoms with Crippen molar-refractivity contribution in [3.8, 4) is 44.9 Å². The molecule has 0 spiro atoms. The predicted molar refractivity (Wildman–Crippen MR) is 146 cm³/mol. The van der Waals surface area contributed by atoms with E-state index in [2.05, 4.69) is 54.7 Å². The van der Waals surface area contributed by atoms with Crippen molar-refractivity contribution < 1.29 is 24.3 Å². The second-order valence-corrected chi connectivity index (χ2v) is 9.04. The maximum absolute atomic E-state index is 9.80. The highest BCUT2D eigenvalue weighted by molar-refractivity contribution is 5.86. The zero-order valence-corrected chi connectivity index (χ0v) is 21.2. The van der Waals surface area contributed by atoms with Crippen molar-refractivity contribution >= 4 is 10.9 Å². The average molecular weight is 493 g/mol.